The molecule has 1 amide bonds. The molecule has 0 spiro atoms. The van der Waals surface area contributed by atoms with Crippen molar-refractivity contribution in [1.29, 1.82) is 0 Å². The van der Waals surface area contributed by atoms with Crippen molar-refractivity contribution in [2.75, 3.05) is 5.32 Å². The minimum Gasteiger partial charge on any atom is -0.395 e. The Morgan fingerprint density at radius 3 is 2.55 bits per heavy atom. The number of carbonyl (C=O) groups is 1. The van der Waals surface area contributed by atoms with Crippen LogP contribution in [0.3, 0.4) is 0 Å². The summed E-state index contributed by atoms with van der Waals surface area (Å²) in [5.41, 5.74) is 0.654. The summed E-state index contributed by atoms with van der Waals surface area (Å²) >= 11 is 0. The molecule has 3 heterocycles. The minimum atomic E-state index is -3.73. The molecule has 0 saturated heterocycles. The van der Waals surface area contributed by atoms with Crippen molar-refractivity contribution in [3.05, 3.63) is 66.4 Å². The number of pyridine rings is 2. The number of benzene rings is 1. The van der Waals surface area contributed by atoms with Crippen LogP contribution in [0, 0.1) is 5.82 Å². The summed E-state index contributed by atoms with van der Waals surface area (Å²) in [5.74, 6) is -1.46. The molecule has 4 rings (SSSR count). The predicted octanol–water partition coefficient (Wildman–Crippen LogP) is 4.88. The molecule has 1 aliphatic heterocycles. The number of amides is 1. The number of fused-ring (bicyclic) bond motifs is 1. The maximum absolute atomic E-state index is 13.6. The molecule has 0 saturated carbocycles. The number of carbonyl (C=O) groups excluding carboxylic acids is 1. The summed E-state index contributed by atoms with van der Waals surface area (Å²) in [4.78, 5) is 19.7. The number of nitrogens with one attached hydrogen (secondary N) is 1. The number of halogens is 3. The van der Waals surface area contributed by atoms with E-state index < -0.39 is 18.0 Å². The van der Waals surface area contributed by atoms with E-state index in [4.69, 9.17) is 0 Å². The Labute approximate surface area is 164 Å². The highest BCUT2D eigenvalue weighted by molar-refractivity contribution is 6.03. The predicted molar refractivity (Wildman–Crippen MR) is 99.4 cm³/mol. The monoisotopic (exact) mass is 403 g/mol. The van der Waals surface area contributed by atoms with Gasteiger partial charge in [0.05, 0.1) is 11.8 Å². The fourth-order valence-electron chi connectivity index (χ4n) is 2.57. The molecule has 3 aromatic rings. The van der Waals surface area contributed by atoms with Gasteiger partial charge in [-0.2, -0.15) is 0 Å². The average Bonchev–Trinajstić information content (AvgIpc) is 3.04. The summed E-state index contributed by atoms with van der Waals surface area (Å²) in [6.07, 6.45) is -0.135. The molecule has 1 N–H and O–H groups in total. The van der Waals surface area contributed by atoms with Crippen LogP contribution in [0.1, 0.15) is 24.2 Å². The Bertz CT molecular complexity index is 1030. The molecule has 2 aromatic heterocycles. The number of rotatable bonds is 3. The van der Waals surface area contributed by atoms with Crippen LogP contribution in [0.25, 0.3) is 11.1 Å². The largest absolute Gasteiger partial charge is 0.586 e. The lowest BCUT2D eigenvalue weighted by molar-refractivity contribution is -0.286. The number of hydrogen-bond acceptors (Lipinski definition) is 5. The molecule has 29 heavy (non-hydrogen) atoms. The minimum absolute atomic E-state index is 0.0805. The molecular weight excluding hydrogens is 387 g/mol. The number of alkyl halides is 2. The number of ether oxygens (including phenoxy) is 2. The van der Waals surface area contributed by atoms with Crippen LogP contribution in [0.5, 0.6) is 11.5 Å². The standard InChI is InChI=1S/C18H10F3N3O3.C2H6/c19-13-9-22-7-6-12(13)17(25)24-15-5-4-10(8-23-15)11-2-1-3-14-16(11)27-18(20,21)26-14;1-2/h1-9H,(H,23,24,25);1-2H3. The first-order valence-corrected chi connectivity index (χ1v) is 8.69. The lowest BCUT2D eigenvalue weighted by Crippen LogP contribution is -2.26. The highest BCUT2D eigenvalue weighted by Crippen LogP contribution is 2.46. The van der Waals surface area contributed by atoms with Gasteiger partial charge in [0, 0.05) is 23.5 Å². The van der Waals surface area contributed by atoms with Gasteiger partial charge in [-0.3, -0.25) is 9.78 Å². The van der Waals surface area contributed by atoms with Gasteiger partial charge in [0.25, 0.3) is 5.91 Å². The second-order valence-corrected chi connectivity index (χ2v) is 5.54. The molecule has 0 unspecified atom stereocenters. The van der Waals surface area contributed by atoms with E-state index in [1.165, 1.54) is 30.6 Å². The Hall–Kier alpha value is -3.62. The third kappa shape index (κ3) is 4.29. The van der Waals surface area contributed by atoms with Crippen LogP contribution in [-0.2, 0) is 0 Å². The number of para-hydroxylation sites is 1. The topological polar surface area (TPSA) is 73.3 Å². The molecule has 0 aliphatic carbocycles. The third-order valence-electron chi connectivity index (χ3n) is 3.76. The first-order valence-electron chi connectivity index (χ1n) is 8.69. The van der Waals surface area contributed by atoms with Crippen molar-refractivity contribution in [2.24, 2.45) is 0 Å². The lowest BCUT2D eigenvalue weighted by atomic mass is 10.1. The summed E-state index contributed by atoms with van der Waals surface area (Å²) in [7, 11) is 0. The van der Waals surface area contributed by atoms with Gasteiger partial charge < -0.3 is 14.8 Å². The molecule has 1 aromatic carbocycles. The SMILES string of the molecule is CC.O=C(Nc1ccc(-c2cccc3c2OC(F)(F)O3)cn1)c1ccncc1F. The first-order chi connectivity index (χ1) is 13.9. The molecule has 9 heteroatoms. The van der Waals surface area contributed by atoms with Crippen LogP contribution in [0.4, 0.5) is 19.0 Å². The van der Waals surface area contributed by atoms with Crippen molar-refractivity contribution in [1.82, 2.24) is 9.97 Å². The van der Waals surface area contributed by atoms with Gasteiger partial charge in [-0.05, 0) is 24.3 Å². The molecular formula is C20H16F3N3O3. The van der Waals surface area contributed by atoms with Gasteiger partial charge in [0.1, 0.15) is 5.82 Å². The summed E-state index contributed by atoms with van der Waals surface area (Å²) in [6, 6.07) is 8.74. The van der Waals surface area contributed by atoms with Crippen molar-refractivity contribution in [2.45, 2.75) is 20.1 Å². The van der Waals surface area contributed by atoms with Crippen LogP contribution in [0.2, 0.25) is 0 Å². The number of anilines is 1. The smallest absolute Gasteiger partial charge is 0.395 e. The van der Waals surface area contributed by atoms with E-state index in [0.717, 1.165) is 6.20 Å². The molecule has 0 radical (unpaired) electrons. The quantitative estimate of drug-likeness (QED) is 0.675. The zero-order valence-corrected chi connectivity index (χ0v) is 15.4. The van der Waals surface area contributed by atoms with Crippen LogP contribution >= 0.6 is 0 Å². The van der Waals surface area contributed by atoms with Crippen molar-refractivity contribution >= 4 is 11.7 Å². The van der Waals surface area contributed by atoms with Gasteiger partial charge in [-0.1, -0.05) is 26.0 Å². The Balaban J connectivity index is 0.00000117. The van der Waals surface area contributed by atoms with Crippen molar-refractivity contribution in [3.63, 3.8) is 0 Å². The van der Waals surface area contributed by atoms with E-state index in [0.29, 0.717) is 11.1 Å². The van der Waals surface area contributed by atoms with Gasteiger partial charge in [0.15, 0.2) is 17.3 Å². The van der Waals surface area contributed by atoms with Crippen LogP contribution in [0.15, 0.2) is 55.0 Å². The van der Waals surface area contributed by atoms with Crippen LogP contribution in [-0.4, -0.2) is 22.2 Å². The number of nitrogens with zero attached hydrogens (tertiary/aromatic N) is 2. The molecule has 1 aliphatic rings. The first kappa shape index (κ1) is 20.1. The summed E-state index contributed by atoms with van der Waals surface area (Å²) < 4.78 is 49.1. The highest BCUT2D eigenvalue weighted by atomic mass is 19.3. The molecule has 150 valence electrons. The second-order valence-electron chi connectivity index (χ2n) is 5.54. The van der Waals surface area contributed by atoms with Gasteiger partial charge in [0.2, 0.25) is 0 Å². The Morgan fingerprint density at radius 2 is 1.86 bits per heavy atom. The van der Waals surface area contributed by atoms with Crippen molar-refractivity contribution < 1.29 is 27.4 Å². The Kier molecular flexibility index (Phi) is 5.67. The molecule has 0 fully saturated rings. The van der Waals surface area contributed by atoms with E-state index in [-0.39, 0.29) is 22.9 Å². The molecule has 0 bridgehead atoms. The van der Waals surface area contributed by atoms with Gasteiger partial charge in [-0.25, -0.2) is 9.37 Å². The summed E-state index contributed by atoms with van der Waals surface area (Å²) in [6.45, 7) is 4.00. The van der Waals surface area contributed by atoms with E-state index in [1.54, 1.807) is 18.2 Å². The van der Waals surface area contributed by atoms with Crippen LogP contribution < -0.4 is 14.8 Å². The average molecular weight is 403 g/mol. The summed E-state index contributed by atoms with van der Waals surface area (Å²) in [5, 5.41) is 2.45. The Morgan fingerprint density at radius 1 is 1.07 bits per heavy atom. The zero-order chi connectivity index (χ0) is 21.0. The lowest BCUT2D eigenvalue weighted by Gasteiger charge is -2.08. The van der Waals surface area contributed by atoms with E-state index in [2.05, 4.69) is 24.8 Å². The van der Waals surface area contributed by atoms with E-state index in [1.807, 2.05) is 13.8 Å². The fraction of sp³-hybridized carbons (Fsp3) is 0.150. The zero-order valence-electron chi connectivity index (χ0n) is 15.4. The normalized spacial score (nSPS) is 13.3. The fourth-order valence-corrected chi connectivity index (χ4v) is 2.57. The van der Waals surface area contributed by atoms with Gasteiger partial charge >= 0.3 is 6.29 Å². The van der Waals surface area contributed by atoms with E-state index >= 15 is 0 Å². The number of aromatic nitrogens is 2. The highest BCUT2D eigenvalue weighted by Gasteiger charge is 2.44. The maximum Gasteiger partial charge on any atom is 0.586 e. The third-order valence-corrected chi connectivity index (χ3v) is 3.76. The van der Waals surface area contributed by atoms with Gasteiger partial charge in [-0.15, -0.1) is 8.78 Å². The maximum atomic E-state index is 13.6. The molecule has 0 atom stereocenters. The van der Waals surface area contributed by atoms with E-state index in [9.17, 15) is 18.0 Å². The number of hydrogen-bond donors (Lipinski definition) is 1. The second kappa shape index (κ2) is 8.17. The van der Waals surface area contributed by atoms with Crippen molar-refractivity contribution in [3.8, 4) is 22.6 Å². The molecule has 6 nitrogen and oxygen atoms in total.